The van der Waals surface area contributed by atoms with Crippen LogP contribution in [0.25, 0.3) is 22.0 Å². The SMILES string of the molecule is [2H]c1c(C)[n+](C)c(-c2cc(C(C)C)cc(C)c2C)c2ccc(CC3CCCC3)cc12. The molecule has 1 heterocycles. The van der Waals surface area contributed by atoms with Crippen LogP contribution in [-0.4, -0.2) is 0 Å². The first-order chi connectivity index (χ1) is 14.3. The summed E-state index contributed by atoms with van der Waals surface area (Å²) in [6.45, 7) is 11.1. The van der Waals surface area contributed by atoms with Gasteiger partial charge in [-0.15, -0.1) is 0 Å². The summed E-state index contributed by atoms with van der Waals surface area (Å²) in [6.07, 6.45) is 6.64. The zero-order chi connectivity index (χ0) is 21.6. The Morgan fingerprint density at radius 1 is 1.07 bits per heavy atom. The van der Waals surface area contributed by atoms with Gasteiger partial charge < -0.3 is 0 Å². The summed E-state index contributed by atoms with van der Waals surface area (Å²) in [6, 6.07) is 12.3. The van der Waals surface area contributed by atoms with E-state index in [9.17, 15) is 0 Å². The minimum absolute atomic E-state index is 0.495. The zero-order valence-corrected chi connectivity index (χ0v) is 19.0. The Bertz CT molecular complexity index is 1100. The highest BCUT2D eigenvalue weighted by atomic mass is 14.9. The molecule has 1 aromatic heterocycles. The molecule has 0 saturated heterocycles. The summed E-state index contributed by atoms with van der Waals surface area (Å²) in [4.78, 5) is 0. The van der Waals surface area contributed by atoms with Crippen molar-refractivity contribution in [2.75, 3.05) is 0 Å². The van der Waals surface area contributed by atoms with Crippen molar-refractivity contribution in [1.82, 2.24) is 0 Å². The van der Waals surface area contributed by atoms with Crippen LogP contribution in [0.15, 0.2) is 36.4 Å². The summed E-state index contributed by atoms with van der Waals surface area (Å²) in [5.41, 5.74) is 9.03. The maximum absolute atomic E-state index is 8.85. The van der Waals surface area contributed by atoms with Crippen molar-refractivity contribution in [3.8, 4) is 11.3 Å². The molecule has 1 heteroatoms. The standard InChI is InChI=1S/C28H36N/c1-18(2)24-13-19(3)21(5)27(17-24)28-26-12-11-23(15-22-9-7-8-10-22)16-25(26)14-20(4)29(28)6/h11-14,16-18,22H,7-10,15H2,1-6H3/q+1/i14D. The summed E-state index contributed by atoms with van der Waals surface area (Å²) in [5, 5.41) is 2.30. The number of pyridine rings is 1. The average molecular weight is 388 g/mol. The number of rotatable bonds is 4. The van der Waals surface area contributed by atoms with E-state index in [1.54, 1.807) is 0 Å². The molecule has 0 N–H and O–H groups in total. The van der Waals surface area contributed by atoms with E-state index < -0.39 is 0 Å². The molecule has 152 valence electrons. The summed E-state index contributed by atoms with van der Waals surface area (Å²) in [5.74, 6) is 1.32. The molecule has 4 rings (SSSR count). The molecule has 1 aliphatic carbocycles. The van der Waals surface area contributed by atoms with Crippen molar-refractivity contribution in [2.45, 2.75) is 72.6 Å². The lowest BCUT2D eigenvalue weighted by molar-refractivity contribution is -0.665. The lowest BCUT2D eigenvalue weighted by Gasteiger charge is -2.16. The monoisotopic (exact) mass is 387 g/mol. The molecule has 0 aliphatic heterocycles. The normalized spacial score (nSPS) is 15.5. The summed E-state index contributed by atoms with van der Waals surface area (Å²) >= 11 is 0. The van der Waals surface area contributed by atoms with Gasteiger partial charge >= 0.3 is 0 Å². The van der Waals surface area contributed by atoms with Crippen LogP contribution in [0.1, 0.15) is 74.8 Å². The van der Waals surface area contributed by atoms with Crippen molar-refractivity contribution >= 4 is 10.8 Å². The predicted octanol–water partition coefficient (Wildman–Crippen LogP) is 7.11. The Morgan fingerprint density at radius 3 is 2.48 bits per heavy atom. The van der Waals surface area contributed by atoms with Gasteiger partial charge in [0.25, 0.3) is 0 Å². The van der Waals surface area contributed by atoms with Crippen LogP contribution in [0.5, 0.6) is 0 Å². The third-order valence-corrected chi connectivity index (χ3v) is 7.10. The van der Waals surface area contributed by atoms with Crippen molar-refractivity contribution in [3.05, 3.63) is 64.3 Å². The fourth-order valence-corrected chi connectivity index (χ4v) is 5.00. The van der Waals surface area contributed by atoms with Crippen LogP contribution in [0.2, 0.25) is 0 Å². The van der Waals surface area contributed by atoms with Gasteiger partial charge in [0.05, 0.1) is 12.3 Å². The summed E-state index contributed by atoms with van der Waals surface area (Å²) < 4.78 is 11.1. The van der Waals surface area contributed by atoms with Crippen molar-refractivity contribution in [3.63, 3.8) is 0 Å². The fourth-order valence-electron chi connectivity index (χ4n) is 5.00. The molecule has 29 heavy (non-hydrogen) atoms. The highest BCUT2D eigenvalue weighted by Crippen LogP contribution is 2.34. The van der Waals surface area contributed by atoms with Crippen molar-refractivity contribution in [2.24, 2.45) is 13.0 Å². The van der Waals surface area contributed by atoms with E-state index in [2.05, 4.69) is 76.6 Å². The molecule has 0 spiro atoms. The van der Waals surface area contributed by atoms with Gasteiger partial charge in [-0.1, -0.05) is 57.7 Å². The number of fused-ring (bicyclic) bond motifs is 1. The summed E-state index contributed by atoms with van der Waals surface area (Å²) in [7, 11) is 2.12. The van der Waals surface area contributed by atoms with E-state index >= 15 is 0 Å². The van der Waals surface area contributed by atoms with Gasteiger partial charge in [0.15, 0.2) is 5.69 Å². The van der Waals surface area contributed by atoms with E-state index in [0.717, 1.165) is 23.4 Å². The first-order valence-corrected chi connectivity index (χ1v) is 11.3. The fraction of sp³-hybridized carbons (Fsp3) is 0.464. The molecule has 0 unspecified atom stereocenters. The molecule has 1 aliphatic rings. The third-order valence-electron chi connectivity index (χ3n) is 7.10. The van der Waals surface area contributed by atoms with Gasteiger partial charge in [0.1, 0.15) is 7.05 Å². The van der Waals surface area contributed by atoms with Crippen LogP contribution in [-0.2, 0) is 13.5 Å². The topological polar surface area (TPSA) is 3.88 Å². The molecular formula is C28H36N+. The largest absolute Gasteiger partial charge is 0.220 e. The minimum atomic E-state index is 0.495. The number of hydrogen-bond donors (Lipinski definition) is 0. The zero-order valence-electron chi connectivity index (χ0n) is 20.0. The van der Waals surface area contributed by atoms with E-state index in [0.29, 0.717) is 12.0 Å². The van der Waals surface area contributed by atoms with Crippen LogP contribution < -0.4 is 4.57 Å². The van der Waals surface area contributed by atoms with Gasteiger partial charge in [-0.3, -0.25) is 0 Å². The number of nitrogens with zero attached hydrogens (tertiary/aromatic N) is 1. The van der Waals surface area contributed by atoms with E-state index in [1.807, 2.05) is 0 Å². The van der Waals surface area contributed by atoms with Gasteiger partial charge in [0, 0.05) is 13.0 Å². The van der Waals surface area contributed by atoms with Gasteiger partial charge in [-0.25, -0.2) is 0 Å². The van der Waals surface area contributed by atoms with E-state index in [-0.39, 0.29) is 0 Å². The highest BCUT2D eigenvalue weighted by Gasteiger charge is 2.22. The highest BCUT2D eigenvalue weighted by molar-refractivity contribution is 5.94. The molecule has 0 amide bonds. The van der Waals surface area contributed by atoms with Crippen molar-refractivity contribution < 1.29 is 5.94 Å². The van der Waals surface area contributed by atoms with Crippen LogP contribution in [0.4, 0.5) is 0 Å². The quantitative estimate of drug-likeness (QED) is 0.420. The smallest absolute Gasteiger partial charge is 0.198 e. The molecule has 3 aromatic rings. The molecule has 0 radical (unpaired) electrons. The van der Waals surface area contributed by atoms with Crippen molar-refractivity contribution in [1.29, 1.82) is 0 Å². The maximum Gasteiger partial charge on any atom is 0.220 e. The first kappa shape index (κ1) is 18.9. The molecule has 1 saturated carbocycles. The van der Waals surface area contributed by atoms with E-state index in [1.165, 1.54) is 64.6 Å². The Labute approximate surface area is 178 Å². The number of aryl methyl sites for hydroxylation is 1. The molecule has 1 fully saturated rings. The predicted molar refractivity (Wildman–Crippen MR) is 125 cm³/mol. The lowest BCUT2D eigenvalue weighted by atomic mass is 9.90. The first-order valence-electron chi connectivity index (χ1n) is 11.8. The molecule has 0 bridgehead atoms. The van der Waals surface area contributed by atoms with Crippen LogP contribution in [0, 0.1) is 26.7 Å². The van der Waals surface area contributed by atoms with Gasteiger partial charge in [0.2, 0.25) is 5.69 Å². The molecule has 2 aromatic carbocycles. The molecular weight excluding hydrogens is 350 g/mol. The number of aromatic nitrogens is 1. The Kier molecular flexibility index (Phi) is 5.16. The Balaban J connectivity index is 1.94. The second kappa shape index (κ2) is 7.94. The molecule has 0 atom stereocenters. The Hall–Kier alpha value is -2.15. The van der Waals surface area contributed by atoms with Crippen LogP contribution in [0.3, 0.4) is 0 Å². The average Bonchev–Trinajstić information content (AvgIpc) is 3.22. The second-order valence-corrected chi connectivity index (χ2v) is 9.52. The third kappa shape index (κ3) is 3.84. The minimum Gasteiger partial charge on any atom is -0.198 e. The van der Waals surface area contributed by atoms with Crippen LogP contribution >= 0.6 is 0 Å². The Morgan fingerprint density at radius 2 is 1.79 bits per heavy atom. The lowest BCUT2D eigenvalue weighted by Crippen LogP contribution is -2.35. The number of hydrogen-bond acceptors (Lipinski definition) is 0. The maximum atomic E-state index is 8.85. The van der Waals surface area contributed by atoms with E-state index in [4.69, 9.17) is 1.37 Å². The number of benzene rings is 2. The van der Waals surface area contributed by atoms with Gasteiger partial charge in [-0.05, 0) is 71.9 Å². The molecule has 1 nitrogen and oxygen atoms in total. The second-order valence-electron chi connectivity index (χ2n) is 9.52. The van der Waals surface area contributed by atoms with Gasteiger partial charge in [-0.2, -0.15) is 4.57 Å².